The quantitative estimate of drug-likeness (QED) is 0.506. The Morgan fingerprint density at radius 1 is 1.35 bits per heavy atom. The second kappa shape index (κ2) is 5.36. The summed E-state index contributed by atoms with van der Waals surface area (Å²) in [5, 5.41) is 2.67. The molecule has 3 amide bonds. The summed E-state index contributed by atoms with van der Waals surface area (Å²) < 4.78 is 0. The highest BCUT2D eigenvalue weighted by atomic mass is 32.2. The smallest absolute Gasteiger partial charge is 0.325 e. The van der Waals surface area contributed by atoms with E-state index in [2.05, 4.69) is 5.32 Å². The van der Waals surface area contributed by atoms with Crippen molar-refractivity contribution in [3.05, 3.63) is 23.8 Å². The molecule has 6 heteroatoms. The number of amides is 3. The Hall–Kier alpha value is -1.69. The average Bonchev–Trinajstić information content (AvgIpc) is 2.56. The minimum Gasteiger partial charge on any atom is -0.398 e. The highest BCUT2D eigenvalue weighted by Gasteiger charge is 2.43. The van der Waals surface area contributed by atoms with Crippen molar-refractivity contribution in [2.24, 2.45) is 0 Å². The lowest BCUT2D eigenvalue weighted by atomic mass is 10.1. The summed E-state index contributed by atoms with van der Waals surface area (Å²) in [7, 11) is 0. The van der Waals surface area contributed by atoms with E-state index in [4.69, 9.17) is 5.73 Å². The Kier molecular flexibility index (Phi) is 3.94. The van der Waals surface area contributed by atoms with E-state index in [9.17, 15) is 9.59 Å². The lowest BCUT2D eigenvalue weighted by Crippen LogP contribution is -2.40. The molecule has 1 saturated heterocycles. The van der Waals surface area contributed by atoms with Gasteiger partial charge in [0.05, 0.1) is 0 Å². The summed E-state index contributed by atoms with van der Waals surface area (Å²) in [5.41, 5.74) is 6.99. The number of nitrogens with zero attached hydrogens (tertiary/aromatic N) is 1. The van der Waals surface area contributed by atoms with Crippen molar-refractivity contribution >= 4 is 29.4 Å². The molecule has 108 valence electrons. The van der Waals surface area contributed by atoms with Gasteiger partial charge in [-0.05, 0) is 32.4 Å². The first-order valence-electron chi connectivity index (χ1n) is 6.45. The largest absolute Gasteiger partial charge is 0.398 e. The maximum Gasteiger partial charge on any atom is 0.325 e. The van der Waals surface area contributed by atoms with Gasteiger partial charge in [0.15, 0.2) is 0 Å². The van der Waals surface area contributed by atoms with Gasteiger partial charge in [-0.25, -0.2) is 4.79 Å². The van der Waals surface area contributed by atoms with E-state index in [-0.39, 0.29) is 11.9 Å². The average molecular weight is 293 g/mol. The summed E-state index contributed by atoms with van der Waals surface area (Å²) in [6.07, 6.45) is 0. The standard InChI is InChI=1S/C14H19N3O2S/c1-9-5-4-6-10(11(9)15)20-8-7-17-12(18)14(2,3)16-13(17)19/h4-6H,7-8,15H2,1-3H3,(H,16,19). The van der Waals surface area contributed by atoms with E-state index in [1.165, 1.54) is 4.90 Å². The first-order valence-corrected chi connectivity index (χ1v) is 7.43. The number of anilines is 1. The zero-order valence-corrected chi connectivity index (χ0v) is 12.7. The van der Waals surface area contributed by atoms with Gasteiger partial charge in [0.1, 0.15) is 5.54 Å². The van der Waals surface area contributed by atoms with Crippen LogP contribution in [0.1, 0.15) is 19.4 Å². The Bertz CT molecular complexity index is 557. The monoisotopic (exact) mass is 293 g/mol. The van der Waals surface area contributed by atoms with Crippen LogP contribution in [0.5, 0.6) is 0 Å². The van der Waals surface area contributed by atoms with Gasteiger partial charge in [-0.15, -0.1) is 11.8 Å². The van der Waals surface area contributed by atoms with Crippen molar-refractivity contribution in [3.63, 3.8) is 0 Å². The molecule has 0 radical (unpaired) electrons. The van der Waals surface area contributed by atoms with Crippen molar-refractivity contribution in [3.8, 4) is 0 Å². The molecule has 1 aliphatic rings. The number of nitrogens with two attached hydrogens (primary N) is 1. The van der Waals surface area contributed by atoms with Gasteiger partial charge in [-0.3, -0.25) is 9.69 Å². The lowest BCUT2D eigenvalue weighted by Gasteiger charge is -2.16. The number of nitrogen functional groups attached to an aromatic ring is 1. The molecular weight excluding hydrogens is 274 g/mol. The number of nitrogens with one attached hydrogen (secondary N) is 1. The molecule has 1 aromatic rings. The Balaban J connectivity index is 1.95. The number of thioether (sulfide) groups is 1. The van der Waals surface area contributed by atoms with E-state index in [1.807, 2.05) is 25.1 Å². The Labute approximate surface area is 122 Å². The van der Waals surface area contributed by atoms with Crippen LogP contribution < -0.4 is 11.1 Å². The number of hydrogen-bond donors (Lipinski definition) is 2. The number of aryl methyl sites for hydroxylation is 1. The predicted molar refractivity (Wildman–Crippen MR) is 80.6 cm³/mol. The Morgan fingerprint density at radius 3 is 2.65 bits per heavy atom. The number of para-hydroxylation sites is 1. The minimum absolute atomic E-state index is 0.180. The number of carbonyl (C=O) groups is 2. The van der Waals surface area contributed by atoms with Crippen LogP contribution in [0.15, 0.2) is 23.1 Å². The number of rotatable bonds is 4. The van der Waals surface area contributed by atoms with Crippen molar-refractivity contribution in [2.45, 2.75) is 31.2 Å². The van der Waals surface area contributed by atoms with Gasteiger partial charge in [0.25, 0.3) is 5.91 Å². The number of imide groups is 1. The number of urea groups is 1. The molecule has 2 rings (SSSR count). The van der Waals surface area contributed by atoms with Gasteiger partial charge in [-0.2, -0.15) is 0 Å². The van der Waals surface area contributed by atoms with Gasteiger partial charge in [-0.1, -0.05) is 12.1 Å². The molecule has 0 unspecified atom stereocenters. The van der Waals surface area contributed by atoms with Crippen LogP contribution in [0.3, 0.4) is 0 Å². The summed E-state index contributed by atoms with van der Waals surface area (Å²) >= 11 is 1.55. The van der Waals surface area contributed by atoms with Gasteiger partial charge in [0.2, 0.25) is 0 Å². The van der Waals surface area contributed by atoms with Gasteiger partial charge < -0.3 is 11.1 Å². The SMILES string of the molecule is Cc1cccc(SCCN2C(=O)NC(C)(C)C2=O)c1N. The van der Waals surface area contributed by atoms with Gasteiger partial charge in [0, 0.05) is 22.9 Å². The predicted octanol–water partition coefficient (Wildman–Crippen LogP) is 2.00. The van der Waals surface area contributed by atoms with E-state index in [0.29, 0.717) is 12.3 Å². The molecule has 0 aromatic heterocycles. The van der Waals surface area contributed by atoms with Crippen molar-refractivity contribution < 1.29 is 9.59 Å². The van der Waals surface area contributed by atoms with E-state index >= 15 is 0 Å². The zero-order valence-electron chi connectivity index (χ0n) is 11.9. The molecule has 1 aliphatic heterocycles. The van der Waals surface area contributed by atoms with Crippen LogP contribution >= 0.6 is 11.8 Å². The van der Waals surface area contributed by atoms with Crippen LogP contribution in [-0.2, 0) is 4.79 Å². The first-order chi connectivity index (χ1) is 9.33. The third-order valence-electron chi connectivity index (χ3n) is 3.30. The maximum atomic E-state index is 12.0. The van der Waals surface area contributed by atoms with E-state index < -0.39 is 5.54 Å². The number of carbonyl (C=O) groups excluding carboxylic acids is 2. The fraction of sp³-hybridized carbons (Fsp3) is 0.429. The molecule has 5 nitrogen and oxygen atoms in total. The van der Waals surface area contributed by atoms with Crippen molar-refractivity contribution in [2.75, 3.05) is 18.0 Å². The molecule has 1 fully saturated rings. The second-order valence-electron chi connectivity index (χ2n) is 5.35. The highest BCUT2D eigenvalue weighted by molar-refractivity contribution is 7.99. The summed E-state index contributed by atoms with van der Waals surface area (Å²) in [4.78, 5) is 26.0. The fourth-order valence-electron chi connectivity index (χ4n) is 2.05. The maximum absolute atomic E-state index is 12.0. The summed E-state index contributed by atoms with van der Waals surface area (Å²) in [6, 6.07) is 5.53. The van der Waals surface area contributed by atoms with Crippen LogP contribution in [-0.4, -0.2) is 34.7 Å². The third kappa shape index (κ3) is 2.75. The normalized spacial score (nSPS) is 17.4. The molecule has 1 aromatic carbocycles. The van der Waals surface area contributed by atoms with Crippen LogP contribution in [0.2, 0.25) is 0 Å². The van der Waals surface area contributed by atoms with E-state index in [1.54, 1.807) is 25.6 Å². The number of hydrogen-bond acceptors (Lipinski definition) is 4. The fourth-order valence-corrected chi connectivity index (χ4v) is 3.03. The van der Waals surface area contributed by atoms with Crippen molar-refractivity contribution in [1.29, 1.82) is 0 Å². The molecule has 3 N–H and O–H groups in total. The Morgan fingerprint density at radius 2 is 2.05 bits per heavy atom. The molecule has 20 heavy (non-hydrogen) atoms. The molecule has 0 saturated carbocycles. The van der Waals surface area contributed by atoms with E-state index in [0.717, 1.165) is 16.1 Å². The first kappa shape index (κ1) is 14.7. The molecule has 1 heterocycles. The molecule has 0 atom stereocenters. The molecule has 0 spiro atoms. The van der Waals surface area contributed by atoms with Gasteiger partial charge >= 0.3 is 6.03 Å². The molecule has 0 bridgehead atoms. The summed E-state index contributed by atoms with van der Waals surface area (Å²) in [6.45, 7) is 5.75. The second-order valence-corrected chi connectivity index (χ2v) is 6.48. The van der Waals surface area contributed by atoms with Crippen molar-refractivity contribution in [1.82, 2.24) is 10.2 Å². The topological polar surface area (TPSA) is 75.4 Å². The zero-order chi connectivity index (χ0) is 14.9. The number of benzene rings is 1. The molecule has 0 aliphatic carbocycles. The van der Waals surface area contributed by atoms with Crippen LogP contribution in [0, 0.1) is 6.92 Å². The third-order valence-corrected chi connectivity index (χ3v) is 4.35. The highest BCUT2D eigenvalue weighted by Crippen LogP contribution is 2.27. The lowest BCUT2D eigenvalue weighted by molar-refractivity contribution is -0.130. The summed E-state index contributed by atoms with van der Waals surface area (Å²) in [5.74, 6) is 0.448. The van der Waals surface area contributed by atoms with Crippen LogP contribution in [0.25, 0.3) is 0 Å². The minimum atomic E-state index is -0.801. The molecular formula is C14H19N3O2S. The van der Waals surface area contributed by atoms with Crippen LogP contribution in [0.4, 0.5) is 10.5 Å².